The van der Waals surface area contributed by atoms with Crippen molar-refractivity contribution in [2.45, 2.75) is 17.7 Å². The average molecular weight is 295 g/mol. The second-order valence-corrected chi connectivity index (χ2v) is 6.51. The molecule has 1 aromatic carbocycles. The van der Waals surface area contributed by atoms with Crippen LogP contribution in [-0.4, -0.2) is 28.2 Å². The van der Waals surface area contributed by atoms with Gasteiger partial charge in [-0.05, 0) is 37.0 Å². The SMILES string of the molecule is N#Cc1ccc(S(=O)(=O)NCC2CCOCC2)c(N)c1. The van der Waals surface area contributed by atoms with Crippen LogP contribution in [0, 0.1) is 17.2 Å². The molecule has 1 aromatic rings. The van der Waals surface area contributed by atoms with E-state index in [1.54, 1.807) is 0 Å². The van der Waals surface area contributed by atoms with Crippen LogP contribution < -0.4 is 10.5 Å². The monoisotopic (exact) mass is 295 g/mol. The molecule has 6 nitrogen and oxygen atoms in total. The molecule has 1 heterocycles. The summed E-state index contributed by atoms with van der Waals surface area (Å²) in [5, 5.41) is 8.75. The highest BCUT2D eigenvalue weighted by molar-refractivity contribution is 7.89. The van der Waals surface area contributed by atoms with Gasteiger partial charge in [-0.3, -0.25) is 0 Å². The Balaban J connectivity index is 2.08. The maximum absolute atomic E-state index is 12.2. The maximum atomic E-state index is 12.2. The van der Waals surface area contributed by atoms with Gasteiger partial charge >= 0.3 is 0 Å². The molecule has 0 saturated carbocycles. The van der Waals surface area contributed by atoms with E-state index in [0.29, 0.717) is 25.3 Å². The minimum Gasteiger partial charge on any atom is -0.398 e. The second-order valence-electron chi connectivity index (χ2n) is 4.77. The Hall–Kier alpha value is -1.62. The van der Waals surface area contributed by atoms with Crippen molar-refractivity contribution in [1.82, 2.24) is 4.72 Å². The van der Waals surface area contributed by atoms with Crippen molar-refractivity contribution in [1.29, 1.82) is 5.26 Å². The molecule has 20 heavy (non-hydrogen) atoms. The van der Waals surface area contributed by atoms with E-state index in [2.05, 4.69) is 4.72 Å². The van der Waals surface area contributed by atoms with Crippen molar-refractivity contribution in [2.75, 3.05) is 25.5 Å². The number of hydrogen-bond acceptors (Lipinski definition) is 5. The highest BCUT2D eigenvalue weighted by Crippen LogP contribution is 2.20. The number of sulfonamides is 1. The van der Waals surface area contributed by atoms with E-state index in [9.17, 15) is 8.42 Å². The van der Waals surface area contributed by atoms with Gasteiger partial charge in [0.25, 0.3) is 0 Å². The first kappa shape index (κ1) is 14.8. The zero-order valence-corrected chi connectivity index (χ0v) is 11.8. The molecule has 7 heteroatoms. The Morgan fingerprint density at radius 2 is 2.10 bits per heavy atom. The van der Waals surface area contributed by atoms with Crippen LogP contribution in [0.15, 0.2) is 23.1 Å². The second kappa shape index (κ2) is 6.22. The minimum absolute atomic E-state index is 0.0172. The van der Waals surface area contributed by atoms with Crippen LogP contribution in [0.1, 0.15) is 18.4 Å². The Morgan fingerprint density at radius 3 is 2.70 bits per heavy atom. The lowest BCUT2D eigenvalue weighted by atomic mass is 10.0. The first-order chi connectivity index (χ1) is 9.53. The molecule has 0 amide bonds. The smallest absolute Gasteiger partial charge is 0.242 e. The van der Waals surface area contributed by atoms with Crippen LogP contribution in [0.3, 0.4) is 0 Å². The van der Waals surface area contributed by atoms with Crippen molar-refractivity contribution in [3.8, 4) is 6.07 Å². The van der Waals surface area contributed by atoms with Gasteiger partial charge < -0.3 is 10.5 Å². The molecule has 1 saturated heterocycles. The molecule has 0 aliphatic carbocycles. The topological polar surface area (TPSA) is 105 Å². The van der Waals surface area contributed by atoms with Gasteiger partial charge in [-0.1, -0.05) is 0 Å². The van der Waals surface area contributed by atoms with E-state index in [1.807, 2.05) is 6.07 Å². The van der Waals surface area contributed by atoms with Crippen molar-refractivity contribution in [3.05, 3.63) is 23.8 Å². The number of anilines is 1. The Morgan fingerprint density at radius 1 is 1.40 bits per heavy atom. The van der Waals surface area contributed by atoms with Crippen LogP contribution in [-0.2, 0) is 14.8 Å². The summed E-state index contributed by atoms with van der Waals surface area (Å²) < 4.78 is 32.2. The Bertz CT molecular complexity index is 616. The van der Waals surface area contributed by atoms with E-state index in [4.69, 9.17) is 15.7 Å². The quantitative estimate of drug-likeness (QED) is 0.801. The van der Waals surface area contributed by atoms with E-state index in [1.165, 1.54) is 18.2 Å². The molecule has 3 N–H and O–H groups in total. The number of hydrogen-bond donors (Lipinski definition) is 2. The summed E-state index contributed by atoms with van der Waals surface area (Å²) in [6.07, 6.45) is 1.71. The molecule has 1 aliphatic heterocycles. The summed E-state index contributed by atoms with van der Waals surface area (Å²) in [6.45, 7) is 1.72. The van der Waals surface area contributed by atoms with Gasteiger partial charge in [0.15, 0.2) is 0 Å². The summed E-state index contributed by atoms with van der Waals surface area (Å²) in [4.78, 5) is 0.0172. The van der Waals surface area contributed by atoms with E-state index < -0.39 is 10.0 Å². The first-order valence-electron chi connectivity index (χ1n) is 6.40. The summed E-state index contributed by atoms with van der Waals surface area (Å²) in [6, 6.07) is 6.09. The number of nitrogens with two attached hydrogens (primary N) is 1. The van der Waals surface area contributed by atoms with Gasteiger partial charge in [-0.2, -0.15) is 5.26 Å². The minimum atomic E-state index is -3.64. The van der Waals surface area contributed by atoms with Crippen LogP contribution in [0.2, 0.25) is 0 Å². The van der Waals surface area contributed by atoms with Gasteiger partial charge in [0.2, 0.25) is 10.0 Å². The molecular formula is C13H17N3O3S. The average Bonchev–Trinajstić information content (AvgIpc) is 2.46. The Kier molecular flexibility index (Phi) is 4.60. The molecule has 0 atom stereocenters. The molecule has 0 spiro atoms. The summed E-state index contributed by atoms with van der Waals surface area (Å²) in [5.41, 5.74) is 6.13. The maximum Gasteiger partial charge on any atom is 0.242 e. The van der Waals surface area contributed by atoms with Crippen LogP contribution in [0.5, 0.6) is 0 Å². The van der Waals surface area contributed by atoms with Crippen molar-refractivity contribution in [2.24, 2.45) is 5.92 Å². The van der Waals surface area contributed by atoms with Crippen molar-refractivity contribution in [3.63, 3.8) is 0 Å². The fourth-order valence-electron chi connectivity index (χ4n) is 2.12. The molecule has 0 unspecified atom stereocenters. The molecule has 0 bridgehead atoms. The molecule has 0 radical (unpaired) electrons. The lowest BCUT2D eigenvalue weighted by Gasteiger charge is -2.22. The number of nitrogen functional groups attached to an aromatic ring is 1. The number of benzene rings is 1. The molecule has 1 fully saturated rings. The molecule has 1 aliphatic rings. The van der Waals surface area contributed by atoms with Crippen molar-refractivity contribution < 1.29 is 13.2 Å². The third kappa shape index (κ3) is 3.48. The largest absolute Gasteiger partial charge is 0.398 e. The molecule has 2 rings (SSSR count). The van der Waals surface area contributed by atoms with Crippen LogP contribution in [0.25, 0.3) is 0 Å². The van der Waals surface area contributed by atoms with Crippen molar-refractivity contribution >= 4 is 15.7 Å². The highest BCUT2D eigenvalue weighted by Gasteiger charge is 2.21. The van der Waals surface area contributed by atoms with Crippen LogP contribution in [0.4, 0.5) is 5.69 Å². The normalized spacial score (nSPS) is 16.8. The first-order valence-corrected chi connectivity index (χ1v) is 7.88. The molecule has 108 valence electrons. The third-order valence-electron chi connectivity index (χ3n) is 3.33. The standard InChI is InChI=1S/C13H17N3O3S/c14-8-11-1-2-13(12(15)7-11)20(17,18)16-9-10-3-5-19-6-4-10/h1-2,7,10,16H,3-6,9,15H2. The molecule has 0 aromatic heterocycles. The predicted molar refractivity (Wildman–Crippen MR) is 74.3 cm³/mol. The van der Waals surface area contributed by atoms with Gasteiger partial charge in [0, 0.05) is 19.8 Å². The highest BCUT2D eigenvalue weighted by atomic mass is 32.2. The fourth-order valence-corrected chi connectivity index (χ4v) is 3.35. The number of nitrogens with one attached hydrogen (secondary N) is 1. The number of nitrogens with zero attached hydrogens (tertiary/aromatic N) is 1. The molecular weight excluding hydrogens is 278 g/mol. The zero-order chi connectivity index (χ0) is 14.6. The number of rotatable bonds is 4. The van der Waals surface area contributed by atoms with E-state index in [-0.39, 0.29) is 16.5 Å². The van der Waals surface area contributed by atoms with Gasteiger partial charge in [0.05, 0.1) is 17.3 Å². The number of ether oxygens (including phenoxy) is 1. The van der Waals surface area contributed by atoms with E-state index >= 15 is 0 Å². The summed E-state index contributed by atoms with van der Waals surface area (Å²) in [5.74, 6) is 0.290. The lowest BCUT2D eigenvalue weighted by molar-refractivity contribution is 0.0678. The van der Waals surface area contributed by atoms with Gasteiger partial charge in [-0.25, -0.2) is 13.1 Å². The predicted octanol–water partition coefficient (Wildman–Crippen LogP) is 0.845. The number of nitriles is 1. The van der Waals surface area contributed by atoms with Crippen LogP contribution >= 0.6 is 0 Å². The van der Waals surface area contributed by atoms with E-state index in [0.717, 1.165) is 12.8 Å². The zero-order valence-electron chi connectivity index (χ0n) is 11.0. The summed E-state index contributed by atoms with van der Waals surface area (Å²) >= 11 is 0. The lowest BCUT2D eigenvalue weighted by Crippen LogP contribution is -2.32. The fraction of sp³-hybridized carbons (Fsp3) is 0.462. The van der Waals surface area contributed by atoms with Gasteiger partial charge in [0.1, 0.15) is 4.90 Å². The summed E-state index contributed by atoms with van der Waals surface area (Å²) in [7, 11) is -3.64. The Labute approximate surface area is 118 Å². The third-order valence-corrected chi connectivity index (χ3v) is 4.83. The van der Waals surface area contributed by atoms with Gasteiger partial charge in [-0.15, -0.1) is 0 Å².